The second-order valence-corrected chi connectivity index (χ2v) is 4.53. The maximum Gasteiger partial charge on any atom is 0.159 e. The number of carbonyl (C=O) groups is 1. The molecule has 0 spiro atoms. The van der Waals surface area contributed by atoms with Crippen molar-refractivity contribution in [2.75, 3.05) is 4.72 Å². The molecular weight excluding hydrogens is 230 g/mol. The quantitative estimate of drug-likeness (QED) is 0.650. The standard InChI is InChI=1S/C14H13NOS/c1-11(16)12-6-5-7-13(10-12)15-17-14-8-3-2-4-9-14/h2-10,15H,1H3. The Labute approximate surface area is 105 Å². The molecule has 0 unspecified atom stereocenters. The summed E-state index contributed by atoms with van der Waals surface area (Å²) in [6, 6.07) is 17.6. The molecule has 0 atom stereocenters. The van der Waals surface area contributed by atoms with Crippen LogP contribution in [-0.2, 0) is 0 Å². The van der Waals surface area contributed by atoms with Crippen LogP contribution in [0.25, 0.3) is 0 Å². The molecule has 0 bridgehead atoms. The summed E-state index contributed by atoms with van der Waals surface area (Å²) in [5.41, 5.74) is 1.66. The zero-order valence-electron chi connectivity index (χ0n) is 9.51. The summed E-state index contributed by atoms with van der Waals surface area (Å²) in [6.45, 7) is 1.57. The van der Waals surface area contributed by atoms with Crippen LogP contribution in [0, 0.1) is 0 Å². The van der Waals surface area contributed by atoms with Gasteiger partial charge in [-0.05, 0) is 43.1 Å². The fourth-order valence-electron chi connectivity index (χ4n) is 1.41. The Morgan fingerprint density at radius 3 is 2.53 bits per heavy atom. The van der Waals surface area contributed by atoms with Crippen molar-refractivity contribution in [2.45, 2.75) is 11.8 Å². The number of nitrogens with one attached hydrogen (secondary N) is 1. The van der Waals surface area contributed by atoms with Gasteiger partial charge >= 0.3 is 0 Å². The van der Waals surface area contributed by atoms with Gasteiger partial charge in [-0.1, -0.05) is 30.3 Å². The topological polar surface area (TPSA) is 29.1 Å². The van der Waals surface area contributed by atoms with E-state index in [2.05, 4.69) is 4.72 Å². The van der Waals surface area contributed by atoms with E-state index in [-0.39, 0.29) is 5.78 Å². The van der Waals surface area contributed by atoms with Crippen LogP contribution in [0.1, 0.15) is 17.3 Å². The van der Waals surface area contributed by atoms with Gasteiger partial charge in [0.2, 0.25) is 0 Å². The molecule has 17 heavy (non-hydrogen) atoms. The first-order chi connectivity index (χ1) is 8.25. The van der Waals surface area contributed by atoms with Gasteiger partial charge in [-0.25, -0.2) is 0 Å². The van der Waals surface area contributed by atoms with Crippen molar-refractivity contribution in [3.63, 3.8) is 0 Å². The minimum absolute atomic E-state index is 0.0818. The Hall–Kier alpha value is -1.74. The highest BCUT2D eigenvalue weighted by atomic mass is 32.2. The van der Waals surface area contributed by atoms with Crippen LogP contribution >= 0.6 is 11.9 Å². The van der Waals surface area contributed by atoms with E-state index in [9.17, 15) is 4.79 Å². The Morgan fingerprint density at radius 1 is 1.06 bits per heavy atom. The average Bonchev–Trinajstić information content (AvgIpc) is 2.38. The number of Topliss-reactive ketones (excluding diaryl/α,β-unsaturated/α-hetero) is 1. The van der Waals surface area contributed by atoms with Gasteiger partial charge in [0.05, 0.1) is 0 Å². The number of rotatable bonds is 4. The fraction of sp³-hybridized carbons (Fsp3) is 0.0714. The third-order valence-corrected chi connectivity index (χ3v) is 3.14. The van der Waals surface area contributed by atoms with Crippen molar-refractivity contribution in [2.24, 2.45) is 0 Å². The molecule has 3 heteroatoms. The lowest BCUT2D eigenvalue weighted by Gasteiger charge is -2.06. The Morgan fingerprint density at radius 2 is 1.82 bits per heavy atom. The molecule has 2 rings (SSSR count). The van der Waals surface area contributed by atoms with Gasteiger partial charge in [-0.15, -0.1) is 0 Å². The number of hydrogen-bond donors (Lipinski definition) is 1. The van der Waals surface area contributed by atoms with Gasteiger partial charge < -0.3 is 4.72 Å². The van der Waals surface area contributed by atoms with Crippen LogP contribution in [0.4, 0.5) is 5.69 Å². The second kappa shape index (κ2) is 5.55. The summed E-state index contributed by atoms with van der Waals surface area (Å²) >= 11 is 1.53. The van der Waals surface area contributed by atoms with Crippen LogP contribution in [0.15, 0.2) is 59.5 Å². The van der Waals surface area contributed by atoms with E-state index >= 15 is 0 Å². The Balaban J connectivity index is 2.04. The molecule has 2 aromatic carbocycles. The lowest BCUT2D eigenvalue weighted by Crippen LogP contribution is -1.93. The van der Waals surface area contributed by atoms with E-state index in [0.717, 1.165) is 16.1 Å². The highest BCUT2D eigenvalue weighted by Crippen LogP contribution is 2.21. The van der Waals surface area contributed by atoms with Crippen molar-refractivity contribution in [3.05, 3.63) is 60.2 Å². The van der Waals surface area contributed by atoms with Crippen molar-refractivity contribution >= 4 is 23.4 Å². The second-order valence-electron chi connectivity index (χ2n) is 3.65. The number of ketones is 1. The van der Waals surface area contributed by atoms with Crippen LogP contribution in [-0.4, -0.2) is 5.78 Å². The van der Waals surface area contributed by atoms with Gasteiger partial charge in [-0.2, -0.15) is 0 Å². The summed E-state index contributed by atoms with van der Waals surface area (Å²) in [5, 5.41) is 0. The SMILES string of the molecule is CC(=O)c1cccc(NSc2ccccc2)c1. The Kier molecular flexibility index (Phi) is 3.83. The first-order valence-electron chi connectivity index (χ1n) is 5.34. The lowest BCUT2D eigenvalue weighted by molar-refractivity contribution is 0.101. The summed E-state index contributed by atoms with van der Waals surface area (Å²) in [4.78, 5) is 12.4. The zero-order valence-corrected chi connectivity index (χ0v) is 10.3. The van der Waals surface area contributed by atoms with Crippen LogP contribution in [0.5, 0.6) is 0 Å². The van der Waals surface area contributed by atoms with Crippen molar-refractivity contribution in [1.29, 1.82) is 0 Å². The monoisotopic (exact) mass is 243 g/mol. The average molecular weight is 243 g/mol. The normalized spacial score (nSPS) is 9.94. The van der Waals surface area contributed by atoms with E-state index in [1.54, 1.807) is 6.92 Å². The molecule has 0 heterocycles. The molecule has 0 amide bonds. The maximum absolute atomic E-state index is 11.2. The molecule has 86 valence electrons. The number of carbonyl (C=O) groups excluding carboxylic acids is 1. The molecule has 0 saturated carbocycles. The number of anilines is 1. The lowest BCUT2D eigenvalue weighted by atomic mass is 10.1. The van der Waals surface area contributed by atoms with E-state index in [4.69, 9.17) is 0 Å². The molecule has 2 aromatic rings. The molecular formula is C14H13NOS. The van der Waals surface area contributed by atoms with Crippen molar-refractivity contribution in [3.8, 4) is 0 Å². The van der Waals surface area contributed by atoms with E-state index in [1.165, 1.54) is 11.9 Å². The van der Waals surface area contributed by atoms with E-state index in [1.807, 2.05) is 54.6 Å². The zero-order chi connectivity index (χ0) is 12.1. The molecule has 0 aliphatic carbocycles. The maximum atomic E-state index is 11.2. The summed E-state index contributed by atoms with van der Waals surface area (Å²) < 4.78 is 3.22. The smallest absolute Gasteiger partial charge is 0.159 e. The van der Waals surface area contributed by atoms with E-state index in [0.29, 0.717) is 0 Å². The van der Waals surface area contributed by atoms with Crippen molar-refractivity contribution < 1.29 is 4.79 Å². The molecule has 0 aliphatic rings. The molecule has 1 N–H and O–H groups in total. The third kappa shape index (κ3) is 3.36. The summed E-state index contributed by atoms with van der Waals surface area (Å²) in [7, 11) is 0. The molecule has 0 aliphatic heterocycles. The van der Waals surface area contributed by atoms with Crippen LogP contribution < -0.4 is 4.72 Å². The number of hydrogen-bond acceptors (Lipinski definition) is 3. The minimum Gasteiger partial charge on any atom is -0.326 e. The molecule has 0 fully saturated rings. The highest BCUT2D eigenvalue weighted by Gasteiger charge is 2.00. The van der Waals surface area contributed by atoms with Gasteiger partial charge in [0.1, 0.15) is 0 Å². The molecule has 2 nitrogen and oxygen atoms in total. The predicted octanol–water partition coefficient (Wildman–Crippen LogP) is 4.01. The molecule has 0 aromatic heterocycles. The largest absolute Gasteiger partial charge is 0.326 e. The van der Waals surface area contributed by atoms with Gasteiger partial charge in [0.25, 0.3) is 0 Å². The summed E-state index contributed by atoms with van der Waals surface area (Å²) in [6.07, 6.45) is 0. The highest BCUT2D eigenvalue weighted by molar-refractivity contribution is 8.00. The van der Waals surface area contributed by atoms with Crippen LogP contribution in [0.2, 0.25) is 0 Å². The first kappa shape index (κ1) is 11.7. The Bertz CT molecular complexity index is 511. The van der Waals surface area contributed by atoms with Gasteiger partial charge in [0, 0.05) is 16.1 Å². The van der Waals surface area contributed by atoms with Gasteiger partial charge in [0.15, 0.2) is 5.78 Å². The molecule has 0 radical (unpaired) electrons. The summed E-state index contributed by atoms with van der Waals surface area (Å²) in [5.74, 6) is 0.0818. The van der Waals surface area contributed by atoms with Crippen LogP contribution in [0.3, 0.4) is 0 Å². The molecule has 0 saturated heterocycles. The van der Waals surface area contributed by atoms with Gasteiger partial charge in [-0.3, -0.25) is 4.79 Å². The first-order valence-corrected chi connectivity index (χ1v) is 6.16. The minimum atomic E-state index is 0.0818. The predicted molar refractivity (Wildman–Crippen MR) is 72.4 cm³/mol. The van der Waals surface area contributed by atoms with E-state index < -0.39 is 0 Å². The third-order valence-electron chi connectivity index (χ3n) is 2.30. The number of benzene rings is 2. The fourth-order valence-corrected chi connectivity index (χ4v) is 2.06. The van der Waals surface area contributed by atoms with Crippen molar-refractivity contribution in [1.82, 2.24) is 0 Å².